The molecule has 28 heavy (non-hydrogen) atoms. The van der Waals surface area contributed by atoms with Gasteiger partial charge in [0.2, 0.25) is 5.95 Å². The first kappa shape index (κ1) is 18.0. The minimum absolute atomic E-state index is 0.266. The summed E-state index contributed by atoms with van der Waals surface area (Å²) in [5.74, 6) is 2.05. The van der Waals surface area contributed by atoms with Gasteiger partial charge in [0.25, 0.3) is 0 Å². The average Bonchev–Trinajstić information content (AvgIpc) is 3.13. The standard InChI is InChI=1S/C19H23N7O2/c1-3-28-19(27)26-10-8-25(9-11-26)18-20-15-7-5-4-6-14(15)17(22-18)21-16-12-13(2)23-24-16/h4-7,12H,3,8-11H2,1-2H3,(H2,20,21,22,23,24). The zero-order valence-electron chi connectivity index (χ0n) is 16.0. The molecule has 1 aromatic carbocycles. The first-order chi connectivity index (χ1) is 13.6. The molecule has 146 valence electrons. The number of hydrogen-bond donors (Lipinski definition) is 2. The van der Waals surface area contributed by atoms with E-state index in [1.165, 1.54) is 0 Å². The Morgan fingerprint density at radius 1 is 1.21 bits per heavy atom. The molecular formula is C19H23N7O2. The van der Waals surface area contributed by atoms with Crippen molar-refractivity contribution in [1.82, 2.24) is 25.1 Å². The number of rotatable bonds is 4. The molecule has 1 saturated heterocycles. The summed E-state index contributed by atoms with van der Waals surface area (Å²) >= 11 is 0. The molecule has 0 spiro atoms. The van der Waals surface area contributed by atoms with E-state index < -0.39 is 0 Å². The van der Waals surface area contributed by atoms with Gasteiger partial charge < -0.3 is 19.9 Å². The number of amides is 1. The SMILES string of the molecule is CCOC(=O)N1CCN(c2nc(Nc3cc(C)[nH]n3)c3ccccc3n2)CC1. The van der Waals surface area contributed by atoms with Gasteiger partial charge in [-0.2, -0.15) is 10.1 Å². The van der Waals surface area contributed by atoms with Gasteiger partial charge in [0.1, 0.15) is 5.82 Å². The van der Waals surface area contributed by atoms with Crippen molar-refractivity contribution in [2.24, 2.45) is 0 Å². The summed E-state index contributed by atoms with van der Waals surface area (Å²) in [5, 5.41) is 11.4. The molecular weight excluding hydrogens is 358 g/mol. The third-order valence-corrected chi connectivity index (χ3v) is 4.63. The van der Waals surface area contributed by atoms with Crippen LogP contribution in [0.3, 0.4) is 0 Å². The van der Waals surface area contributed by atoms with Crippen molar-refractivity contribution in [2.75, 3.05) is 43.0 Å². The predicted molar refractivity (Wildman–Crippen MR) is 107 cm³/mol. The number of H-pyrrole nitrogens is 1. The number of ether oxygens (including phenoxy) is 1. The Bertz CT molecular complexity index is 979. The molecule has 9 nitrogen and oxygen atoms in total. The molecule has 0 bridgehead atoms. The second-order valence-electron chi connectivity index (χ2n) is 6.62. The number of fused-ring (bicyclic) bond motifs is 1. The quantitative estimate of drug-likeness (QED) is 0.717. The lowest BCUT2D eigenvalue weighted by molar-refractivity contribution is 0.105. The van der Waals surface area contributed by atoms with Crippen molar-refractivity contribution in [2.45, 2.75) is 13.8 Å². The van der Waals surface area contributed by atoms with E-state index >= 15 is 0 Å². The zero-order chi connectivity index (χ0) is 19.5. The fraction of sp³-hybridized carbons (Fsp3) is 0.368. The lowest BCUT2D eigenvalue weighted by Crippen LogP contribution is -2.49. The highest BCUT2D eigenvalue weighted by Gasteiger charge is 2.24. The Labute approximate surface area is 162 Å². The lowest BCUT2D eigenvalue weighted by Gasteiger charge is -2.34. The predicted octanol–water partition coefficient (Wildman–Crippen LogP) is 2.68. The third kappa shape index (κ3) is 3.68. The van der Waals surface area contributed by atoms with E-state index in [2.05, 4.69) is 20.4 Å². The Balaban J connectivity index is 1.59. The van der Waals surface area contributed by atoms with Crippen LogP contribution in [0.5, 0.6) is 0 Å². The van der Waals surface area contributed by atoms with Gasteiger partial charge in [0.05, 0.1) is 12.1 Å². The fourth-order valence-electron chi connectivity index (χ4n) is 3.21. The smallest absolute Gasteiger partial charge is 0.409 e. The summed E-state index contributed by atoms with van der Waals surface area (Å²) in [6.45, 7) is 6.61. The van der Waals surface area contributed by atoms with E-state index in [0.717, 1.165) is 16.6 Å². The fourth-order valence-corrected chi connectivity index (χ4v) is 3.21. The molecule has 3 aromatic rings. The highest BCUT2D eigenvalue weighted by molar-refractivity contribution is 5.91. The maximum absolute atomic E-state index is 11.9. The van der Waals surface area contributed by atoms with Crippen molar-refractivity contribution in [1.29, 1.82) is 0 Å². The maximum Gasteiger partial charge on any atom is 0.409 e. The van der Waals surface area contributed by atoms with Gasteiger partial charge in [-0.1, -0.05) is 12.1 Å². The monoisotopic (exact) mass is 381 g/mol. The number of para-hydroxylation sites is 1. The van der Waals surface area contributed by atoms with Crippen molar-refractivity contribution in [3.8, 4) is 0 Å². The van der Waals surface area contributed by atoms with Gasteiger partial charge in [0, 0.05) is 43.3 Å². The first-order valence-electron chi connectivity index (χ1n) is 9.36. The lowest BCUT2D eigenvalue weighted by atomic mass is 10.2. The van der Waals surface area contributed by atoms with E-state index in [1.807, 2.05) is 44.2 Å². The number of benzene rings is 1. The molecule has 3 heterocycles. The van der Waals surface area contributed by atoms with Gasteiger partial charge in [0.15, 0.2) is 5.82 Å². The van der Waals surface area contributed by atoms with Crippen molar-refractivity contribution in [3.05, 3.63) is 36.0 Å². The Kier molecular flexibility index (Phi) is 4.96. The average molecular weight is 381 g/mol. The molecule has 9 heteroatoms. The molecule has 1 amide bonds. The molecule has 2 aromatic heterocycles. The highest BCUT2D eigenvalue weighted by Crippen LogP contribution is 2.26. The second kappa shape index (κ2) is 7.71. The number of nitrogens with zero attached hydrogens (tertiary/aromatic N) is 5. The summed E-state index contributed by atoms with van der Waals surface area (Å²) in [5.41, 5.74) is 1.83. The molecule has 0 unspecified atom stereocenters. The molecule has 0 saturated carbocycles. The van der Waals surface area contributed by atoms with Crippen LogP contribution in [0.15, 0.2) is 30.3 Å². The van der Waals surface area contributed by atoms with E-state index in [1.54, 1.807) is 4.90 Å². The summed E-state index contributed by atoms with van der Waals surface area (Å²) < 4.78 is 5.08. The van der Waals surface area contributed by atoms with Gasteiger partial charge in [-0.15, -0.1) is 0 Å². The highest BCUT2D eigenvalue weighted by atomic mass is 16.6. The summed E-state index contributed by atoms with van der Waals surface area (Å²) in [7, 11) is 0. The first-order valence-corrected chi connectivity index (χ1v) is 9.36. The van der Waals surface area contributed by atoms with Crippen molar-refractivity contribution >= 4 is 34.6 Å². The Morgan fingerprint density at radius 2 is 2.00 bits per heavy atom. The minimum Gasteiger partial charge on any atom is -0.450 e. The van der Waals surface area contributed by atoms with Crippen LogP contribution in [0, 0.1) is 6.92 Å². The largest absolute Gasteiger partial charge is 0.450 e. The summed E-state index contributed by atoms with van der Waals surface area (Å²) in [6.07, 6.45) is -0.266. The molecule has 1 fully saturated rings. The zero-order valence-corrected chi connectivity index (χ0v) is 16.0. The van der Waals surface area contributed by atoms with Crippen LogP contribution in [0.2, 0.25) is 0 Å². The molecule has 0 radical (unpaired) electrons. The van der Waals surface area contributed by atoms with E-state index in [9.17, 15) is 4.79 Å². The minimum atomic E-state index is -0.266. The Hall–Kier alpha value is -3.36. The van der Waals surface area contributed by atoms with Gasteiger partial charge in [-0.05, 0) is 26.0 Å². The van der Waals surface area contributed by atoms with Crippen LogP contribution in [-0.4, -0.2) is 63.9 Å². The van der Waals surface area contributed by atoms with Crippen LogP contribution >= 0.6 is 0 Å². The maximum atomic E-state index is 11.9. The molecule has 1 aliphatic rings. The number of nitrogens with one attached hydrogen (secondary N) is 2. The van der Waals surface area contributed by atoms with Crippen LogP contribution in [0.1, 0.15) is 12.6 Å². The molecule has 0 atom stereocenters. The third-order valence-electron chi connectivity index (χ3n) is 4.63. The summed E-state index contributed by atoms with van der Waals surface area (Å²) in [4.78, 5) is 25.2. The number of carbonyl (C=O) groups excluding carboxylic acids is 1. The van der Waals surface area contributed by atoms with E-state index in [-0.39, 0.29) is 6.09 Å². The molecule has 2 N–H and O–H groups in total. The number of aromatic amines is 1. The number of carbonyl (C=O) groups is 1. The van der Waals surface area contributed by atoms with Crippen LogP contribution < -0.4 is 10.2 Å². The topological polar surface area (TPSA) is 99.3 Å². The molecule has 4 rings (SSSR count). The Morgan fingerprint density at radius 3 is 2.71 bits per heavy atom. The van der Waals surface area contributed by atoms with Gasteiger partial charge in [-0.25, -0.2) is 9.78 Å². The second-order valence-corrected chi connectivity index (χ2v) is 6.62. The number of aromatic nitrogens is 4. The van der Waals surface area contributed by atoms with Crippen LogP contribution in [-0.2, 0) is 4.74 Å². The molecule has 1 aliphatic heterocycles. The van der Waals surface area contributed by atoms with E-state index in [0.29, 0.717) is 50.4 Å². The van der Waals surface area contributed by atoms with Crippen LogP contribution in [0.25, 0.3) is 10.9 Å². The number of piperazine rings is 1. The van der Waals surface area contributed by atoms with Gasteiger partial charge >= 0.3 is 6.09 Å². The number of hydrogen-bond acceptors (Lipinski definition) is 7. The van der Waals surface area contributed by atoms with Gasteiger partial charge in [-0.3, -0.25) is 5.10 Å². The van der Waals surface area contributed by atoms with Crippen molar-refractivity contribution in [3.63, 3.8) is 0 Å². The summed E-state index contributed by atoms with van der Waals surface area (Å²) in [6, 6.07) is 9.80. The van der Waals surface area contributed by atoms with Crippen LogP contribution in [0.4, 0.5) is 22.4 Å². The number of anilines is 3. The molecule has 0 aliphatic carbocycles. The van der Waals surface area contributed by atoms with E-state index in [4.69, 9.17) is 14.7 Å². The number of aryl methyl sites for hydroxylation is 1. The van der Waals surface area contributed by atoms with Crippen molar-refractivity contribution < 1.29 is 9.53 Å². The normalized spacial score (nSPS) is 14.4.